The highest BCUT2D eigenvalue weighted by molar-refractivity contribution is 5.48. The summed E-state index contributed by atoms with van der Waals surface area (Å²) < 4.78 is 14.5. The second kappa shape index (κ2) is 6.29. The SMILES string of the molecule is CN(CC=Cc1ccc(F)cc1)Cc1cnn(C)c1. The number of nitrogens with zero attached hydrogens (tertiary/aromatic N) is 3. The first-order chi connectivity index (χ1) is 9.13. The minimum Gasteiger partial charge on any atom is -0.298 e. The number of aryl methyl sites for hydroxylation is 1. The Labute approximate surface area is 113 Å². The summed E-state index contributed by atoms with van der Waals surface area (Å²) >= 11 is 0. The largest absolute Gasteiger partial charge is 0.298 e. The van der Waals surface area contributed by atoms with E-state index >= 15 is 0 Å². The second-order valence-electron chi connectivity index (χ2n) is 4.67. The number of rotatable bonds is 5. The van der Waals surface area contributed by atoms with Gasteiger partial charge in [-0.05, 0) is 24.7 Å². The fourth-order valence-corrected chi connectivity index (χ4v) is 1.87. The standard InChI is InChI=1S/C15H18FN3/c1-18(11-14-10-17-19(2)12-14)9-3-4-13-5-7-15(16)8-6-13/h3-8,10,12H,9,11H2,1-2H3. The van der Waals surface area contributed by atoms with Crippen LogP contribution in [0.15, 0.2) is 42.7 Å². The molecular weight excluding hydrogens is 241 g/mol. The van der Waals surface area contributed by atoms with Gasteiger partial charge in [-0.1, -0.05) is 24.3 Å². The number of aromatic nitrogens is 2. The smallest absolute Gasteiger partial charge is 0.123 e. The molecular formula is C15H18FN3. The Bertz CT molecular complexity index is 543. The molecule has 2 aromatic rings. The summed E-state index contributed by atoms with van der Waals surface area (Å²) in [5, 5.41) is 4.14. The minimum absolute atomic E-state index is 0.203. The zero-order valence-electron chi connectivity index (χ0n) is 11.3. The summed E-state index contributed by atoms with van der Waals surface area (Å²) in [6.45, 7) is 1.70. The van der Waals surface area contributed by atoms with E-state index in [9.17, 15) is 4.39 Å². The molecule has 0 N–H and O–H groups in total. The Balaban J connectivity index is 1.82. The molecule has 0 saturated carbocycles. The average Bonchev–Trinajstić information content (AvgIpc) is 2.77. The number of hydrogen-bond acceptors (Lipinski definition) is 2. The highest BCUT2D eigenvalue weighted by Gasteiger charge is 2.00. The molecule has 0 aliphatic rings. The molecule has 3 nitrogen and oxygen atoms in total. The molecule has 0 amide bonds. The van der Waals surface area contributed by atoms with Gasteiger partial charge in [0.15, 0.2) is 0 Å². The molecule has 1 aromatic heterocycles. The van der Waals surface area contributed by atoms with E-state index in [4.69, 9.17) is 0 Å². The first-order valence-corrected chi connectivity index (χ1v) is 6.21. The summed E-state index contributed by atoms with van der Waals surface area (Å²) in [6.07, 6.45) is 7.96. The number of likely N-dealkylation sites (N-methyl/N-ethyl adjacent to an activating group) is 1. The lowest BCUT2D eigenvalue weighted by Gasteiger charge is -2.12. The number of benzene rings is 1. The lowest BCUT2D eigenvalue weighted by molar-refractivity contribution is 0.364. The highest BCUT2D eigenvalue weighted by atomic mass is 19.1. The van der Waals surface area contributed by atoms with Crippen molar-refractivity contribution in [2.45, 2.75) is 6.54 Å². The second-order valence-corrected chi connectivity index (χ2v) is 4.67. The predicted molar refractivity (Wildman–Crippen MR) is 75.0 cm³/mol. The van der Waals surface area contributed by atoms with Gasteiger partial charge in [0.05, 0.1) is 6.20 Å². The van der Waals surface area contributed by atoms with Crippen LogP contribution in [-0.2, 0) is 13.6 Å². The zero-order chi connectivity index (χ0) is 13.7. The van der Waals surface area contributed by atoms with Gasteiger partial charge in [-0.15, -0.1) is 0 Å². The van der Waals surface area contributed by atoms with Gasteiger partial charge < -0.3 is 0 Å². The molecule has 0 radical (unpaired) electrons. The fourth-order valence-electron chi connectivity index (χ4n) is 1.87. The van der Waals surface area contributed by atoms with E-state index < -0.39 is 0 Å². The number of hydrogen-bond donors (Lipinski definition) is 0. The van der Waals surface area contributed by atoms with Crippen molar-refractivity contribution < 1.29 is 4.39 Å². The van der Waals surface area contributed by atoms with E-state index in [-0.39, 0.29) is 5.82 Å². The van der Waals surface area contributed by atoms with E-state index in [2.05, 4.69) is 23.1 Å². The van der Waals surface area contributed by atoms with Crippen molar-refractivity contribution in [2.24, 2.45) is 7.05 Å². The maximum Gasteiger partial charge on any atom is 0.123 e. The van der Waals surface area contributed by atoms with Crippen LogP contribution in [0.25, 0.3) is 6.08 Å². The topological polar surface area (TPSA) is 21.1 Å². The molecule has 0 atom stereocenters. The normalized spacial score (nSPS) is 11.6. The number of halogens is 1. The monoisotopic (exact) mass is 259 g/mol. The molecule has 19 heavy (non-hydrogen) atoms. The molecule has 1 aromatic carbocycles. The van der Waals surface area contributed by atoms with Crippen molar-refractivity contribution in [3.8, 4) is 0 Å². The summed E-state index contributed by atoms with van der Waals surface area (Å²) in [6, 6.07) is 6.48. The summed E-state index contributed by atoms with van der Waals surface area (Å²) in [5.74, 6) is -0.203. The summed E-state index contributed by atoms with van der Waals surface area (Å²) in [4.78, 5) is 2.19. The molecule has 4 heteroatoms. The molecule has 100 valence electrons. The third kappa shape index (κ3) is 4.34. The Kier molecular flexibility index (Phi) is 4.47. The third-order valence-corrected chi connectivity index (χ3v) is 2.81. The van der Waals surface area contributed by atoms with E-state index in [0.717, 1.165) is 18.7 Å². The van der Waals surface area contributed by atoms with Gasteiger partial charge in [0, 0.05) is 31.9 Å². The fraction of sp³-hybridized carbons (Fsp3) is 0.267. The van der Waals surface area contributed by atoms with Crippen molar-refractivity contribution in [1.29, 1.82) is 0 Å². The van der Waals surface area contributed by atoms with Crippen molar-refractivity contribution >= 4 is 6.08 Å². The predicted octanol–water partition coefficient (Wildman–Crippen LogP) is 2.70. The quantitative estimate of drug-likeness (QED) is 0.823. The molecule has 2 rings (SSSR count). The molecule has 0 fully saturated rings. The maximum absolute atomic E-state index is 12.7. The molecule has 0 aliphatic carbocycles. The Morgan fingerprint density at radius 2 is 2.05 bits per heavy atom. The van der Waals surface area contributed by atoms with Crippen LogP contribution in [0.5, 0.6) is 0 Å². The minimum atomic E-state index is -0.203. The average molecular weight is 259 g/mol. The van der Waals surface area contributed by atoms with Crippen LogP contribution in [0.2, 0.25) is 0 Å². The zero-order valence-corrected chi connectivity index (χ0v) is 11.3. The van der Waals surface area contributed by atoms with Gasteiger partial charge in [-0.2, -0.15) is 5.10 Å². The van der Waals surface area contributed by atoms with Gasteiger partial charge in [-0.3, -0.25) is 9.58 Å². The van der Waals surface area contributed by atoms with Gasteiger partial charge in [0.1, 0.15) is 5.82 Å². The van der Waals surface area contributed by atoms with E-state index in [1.165, 1.54) is 17.7 Å². The van der Waals surface area contributed by atoms with Crippen LogP contribution in [0, 0.1) is 5.82 Å². The maximum atomic E-state index is 12.7. The highest BCUT2D eigenvalue weighted by Crippen LogP contribution is 2.05. The Morgan fingerprint density at radius 1 is 1.32 bits per heavy atom. The van der Waals surface area contributed by atoms with Crippen LogP contribution < -0.4 is 0 Å². The van der Waals surface area contributed by atoms with Gasteiger partial charge in [0.25, 0.3) is 0 Å². The Hall–Kier alpha value is -1.94. The summed E-state index contributed by atoms with van der Waals surface area (Å²) in [5.41, 5.74) is 2.20. The Morgan fingerprint density at radius 3 is 2.68 bits per heavy atom. The van der Waals surface area contributed by atoms with Crippen molar-refractivity contribution in [1.82, 2.24) is 14.7 Å². The van der Waals surface area contributed by atoms with Crippen LogP contribution >= 0.6 is 0 Å². The van der Waals surface area contributed by atoms with Crippen molar-refractivity contribution in [3.05, 3.63) is 59.7 Å². The van der Waals surface area contributed by atoms with E-state index in [1.807, 2.05) is 25.5 Å². The first-order valence-electron chi connectivity index (χ1n) is 6.21. The first kappa shape index (κ1) is 13.5. The third-order valence-electron chi connectivity index (χ3n) is 2.81. The van der Waals surface area contributed by atoms with Crippen molar-refractivity contribution in [2.75, 3.05) is 13.6 Å². The molecule has 1 heterocycles. The van der Waals surface area contributed by atoms with Gasteiger partial charge in [-0.25, -0.2) is 4.39 Å². The molecule has 0 spiro atoms. The molecule has 0 saturated heterocycles. The van der Waals surface area contributed by atoms with Crippen LogP contribution in [-0.4, -0.2) is 28.3 Å². The van der Waals surface area contributed by atoms with Gasteiger partial charge >= 0.3 is 0 Å². The van der Waals surface area contributed by atoms with Gasteiger partial charge in [0.2, 0.25) is 0 Å². The van der Waals surface area contributed by atoms with E-state index in [0.29, 0.717) is 0 Å². The van der Waals surface area contributed by atoms with Crippen LogP contribution in [0.1, 0.15) is 11.1 Å². The lowest BCUT2D eigenvalue weighted by atomic mass is 10.2. The van der Waals surface area contributed by atoms with Crippen LogP contribution in [0.4, 0.5) is 4.39 Å². The molecule has 0 aliphatic heterocycles. The van der Waals surface area contributed by atoms with E-state index in [1.54, 1.807) is 16.8 Å². The van der Waals surface area contributed by atoms with Crippen molar-refractivity contribution in [3.63, 3.8) is 0 Å². The van der Waals surface area contributed by atoms with Crippen LogP contribution in [0.3, 0.4) is 0 Å². The molecule has 0 unspecified atom stereocenters. The lowest BCUT2D eigenvalue weighted by Crippen LogP contribution is -2.17. The summed E-state index contributed by atoms with van der Waals surface area (Å²) in [7, 11) is 3.97. The molecule has 0 bridgehead atoms.